The van der Waals surface area contributed by atoms with E-state index >= 15 is 0 Å². The molecule has 1 aliphatic rings. The molecule has 3 rings (SSSR count). The Morgan fingerprint density at radius 1 is 1.05 bits per heavy atom. The van der Waals surface area contributed by atoms with E-state index in [4.69, 9.17) is 0 Å². The van der Waals surface area contributed by atoms with Gasteiger partial charge in [0.15, 0.2) is 6.61 Å². The third kappa shape index (κ3) is 2.63. The monoisotopic (exact) mass is 292 g/mol. The molecular formula is C16H11F3O2. The van der Waals surface area contributed by atoms with Crippen molar-refractivity contribution in [2.45, 2.75) is 12.6 Å². The molecule has 2 aromatic carbocycles. The molecule has 108 valence electrons. The van der Waals surface area contributed by atoms with Crippen LogP contribution in [0.3, 0.4) is 0 Å². The zero-order valence-corrected chi connectivity index (χ0v) is 10.9. The van der Waals surface area contributed by atoms with E-state index in [0.29, 0.717) is 6.42 Å². The number of carbonyl (C=O) groups is 1. The molecular weight excluding hydrogens is 281 g/mol. The number of carbonyl (C=O) groups excluding carboxylic acids is 1. The summed E-state index contributed by atoms with van der Waals surface area (Å²) in [6, 6.07) is 12.7. The van der Waals surface area contributed by atoms with Gasteiger partial charge in [0.05, 0.1) is 5.56 Å². The van der Waals surface area contributed by atoms with E-state index in [2.05, 4.69) is 4.74 Å². The molecule has 5 heteroatoms. The highest BCUT2D eigenvalue weighted by Gasteiger charge is 2.31. The van der Waals surface area contributed by atoms with Crippen molar-refractivity contribution in [3.63, 3.8) is 0 Å². The minimum Gasteiger partial charge on any atom is -0.452 e. The summed E-state index contributed by atoms with van der Waals surface area (Å²) in [5, 5.41) is 0. The Morgan fingerprint density at radius 3 is 2.52 bits per heavy atom. The van der Waals surface area contributed by atoms with Crippen LogP contribution in [0.2, 0.25) is 0 Å². The van der Waals surface area contributed by atoms with E-state index in [0.717, 1.165) is 22.3 Å². The molecule has 0 unspecified atom stereocenters. The van der Waals surface area contributed by atoms with Crippen LogP contribution >= 0.6 is 0 Å². The lowest BCUT2D eigenvalue weighted by Gasteiger charge is -2.10. The van der Waals surface area contributed by atoms with Gasteiger partial charge in [-0.2, -0.15) is 13.2 Å². The van der Waals surface area contributed by atoms with Crippen LogP contribution < -0.4 is 0 Å². The highest BCUT2D eigenvalue weighted by molar-refractivity contribution is 5.95. The lowest BCUT2D eigenvalue weighted by Crippen LogP contribution is -2.21. The van der Waals surface area contributed by atoms with Crippen molar-refractivity contribution < 1.29 is 22.7 Å². The number of ether oxygens (including phenoxy) is 1. The average molecular weight is 292 g/mol. The molecule has 0 aliphatic heterocycles. The first kappa shape index (κ1) is 13.7. The van der Waals surface area contributed by atoms with E-state index in [-0.39, 0.29) is 5.56 Å². The maximum Gasteiger partial charge on any atom is 0.422 e. The van der Waals surface area contributed by atoms with Gasteiger partial charge < -0.3 is 4.74 Å². The van der Waals surface area contributed by atoms with E-state index in [1.807, 2.05) is 30.3 Å². The van der Waals surface area contributed by atoms with Crippen LogP contribution in [0.25, 0.3) is 11.1 Å². The molecule has 0 bridgehead atoms. The summed E-state index contributed by atoms with van der Waals surface area (Å²) in [7, 11) is 0. The van der Waals surface area contributed by atoms with Crippen LogP contribution in [0.5, 0.6) is 0 Å². The molecule has 0 amide bonds. The number of rotatable bonds is 2. The number of hydrogen-bond donors (Lipinski definition) is 0. The number of hydrogen-bond acceptors (Lipinski definition) is 2. The molecule has 2 aromatic rings. The van der Waals surface area contributed by atoms with Gasteiger partial charge in [-0.05, 0) is 34.7 Å². The molecule has 21 heavy (non-hydrogen) atoms. The predicted octanol–water partition coefficient (Wildman–Crippen LogP) is 3.98. The Labute approximate surface area is 119 Å². The molecule has 0 aromatic heterocycles. The average Bonchev–Trinajstić information content (AvgIpc) is 2.82. The minimum atomic E-state index is -4.52. The normalized spacial score (nSPS) is 12.7. The standard InChI is InChI=1S/C16H11F3O2/c17-16(18,19)9-21-15(20)13-7-3-6-12-11-5-2-1-4-10(11)8-14(12)13/h1-7H,8-9H2. The van der Waals surface area contributed by atoms with E-state index in [1.165, 1.54) is 6.07 Å². The summed E-state index contributed by atoms with van der Waals surface area (Å²) in [5.41, 5.74) is 3.88. The van der Waals surface area contributed by atoms with Gasteiger partial charge in [-0.1, -0.05) is 36.4 Å². The van der Waals surface area contributed by atoms with Crippen molar-refractivity contribution in [1.29, 1.82) is 0 Å². The summed E-state index contributed by atoms with van der Waals surface area (Å²) >= 11 is 0. The van der Waals surface area contributed by atoms with Gasteiger partial charge in [-0.25, -0.2) is 4.79 Å². The lowest BCUT2D eigenvalue weighted by molar-refractivity contribution is -0.161. The maximum atomic E-state index is 12.1. The number of fused-ring (bicyclic) bond motifs is 3. The second-order valence-corrected chi connectivity index (χ2v) is 4.86. The van der Waals surface area contributed by atoms with Crippen LogP contribution in [0, 0.1) is 0 Å². The molecule has 0 saturated heterocycles. The summed E-state index contributed by atoms with van der Waals surface area (Å²) in [4.78, 5) is 11.9. The largest absolute Gasteiger partial charge is 0.452 e. The van der Waals surface area contributed by atoms with Gasteiger partial charge in [-0.15, -0.1) is 0 Å². The fourth-order valence-corrected chi connectivity index (χ4v) is 2.57. The van der Waals surface area contributed by atoms with Gasteiger partial charge in [0, 0.05) is 0 Å². The van der Waals surface area contributed by atoms with Gasteiger partial charge in [-0.3, -0.25) is 0 Å². The molecule has 0 heterocycles. The summed E-state index contributed by atoms with van der Waals surface area (Å²) in [6.45, 7) is -1.57. The Hall–Kier alpha value is -2.30. The molecule has 0 fully saturated rings. The number of esters is 1. The third-order valence-electron chi connectivity index (χ3n) is 3.44. The molecule has 2 nitrogen and oxygen atoms in total. The quantitative estimate of drug-likeness (QED) is 0.668. The summed E-state index contributed by atoms with van der Waals surface area (Å²) < 4.78 is 40.8. The van der Waals surface area contributed by atoms with Crippen LogP contribution in [0.4, 0.5) is 13.2 Å². The van der Waals surface area contributed by atoms with E-state index < -0.39 is 18.8 Å². The second kappa shape index (κ2) is 4.91. The number of halogens is 3. The smallest absolute Gasteiger partial charge is 0.422 e. The topological polar surface area (TPSA) is 26.3 Å². The minimum absolute atomic E-state index is 0.202. The van der Waals surface area contributed by atoms with Crippen LogP contribution in [0.1, 0.15) is 21.5 Å². The van der Waals surface area contributed by atoms with Crippen LogP contribution in [-0.4, -0.2) is 18.8 Å². The fraction of sp³-hybridized carbons (Fsp3) is 0.188. The SMILES string of the molecule is O=C(OCC(F)(F)F)c1cccc2c1Cc1ccccc1-2. The van der Waals surface area contributed by atoms with Crippen molar-refractivity contribution in [2.24, 2.45) is 0 Å². The Kier molecular flexibility index (Phi) is 3.20. The maximum absolute atomic E-state index is 12.1. The summed E-state index contributed by atoms with van der Waals surface area (Å²) in [5.74, 6) is -0.933. The van der Waals surface area contributed by atoms with Crippen molar-refractivity contribution in [3.8, 4) is 11.1 Å². The van der Waals surface area contributed by atoms with Crippen molar-refractivity contribution >= 4 is 5.97 Å². The van der Waals surface area contributed by atoms with Crippen molar-refractivity contribution in [3.05, 3.63) is 59.2 Å². The Bertz CT molecular complexity index is 705. The Balaban J connectivity index is 1.92. The van der Waals surface area contributed by atoms with E-state index in [9.17, 15) is 18.0 Å². The summed E-state index contributed by atoms with van der Waals surface area (Å²) in [6.07, 6.45) is -3.99. The van der Waals surface area contributed by atoms with E-state index in [1.54, 1.807) is 6.07 Å². The van der Waals surface area contributed by atoms with Crippen molar-refractivity contribution in [1.82, 2.24) is 0 Å². The first-order chi connectivity index (χ1) is 9.96. The first-order valence-electron chi connectivity index (χ1n) is 6.40. The number of alkyl halides is 3. The second-order valence-electron chi connectivity index (χ2n) is 4.86. The molecule has 0 radical (unpaired) electrons. The molecule has 0 saturated carbocycles. The third-order valence-corrected chi connectivity index (χ3v) is 3.44. The van der Waals surface area contributed by atoms with Crippen LogP contribution in [-0.2, 0) is 11.2 Å². The van der Waals surface area contributed by atoms with Crippen molar-refractivity contribution in [2.75, 3.05) is 6.61 Å². The van der Waals surface area contributed by atoms with Gasteiger partial charge in [0.25, 0.3) is 0 Å². The fourth-order valence-electron chi connectivity index (χ4n) is 2.57. The molecule has 0 N–H and O–H groups in total. The van der Waals surface area contributed by atoms with Gasteiger partial charge in [0.1, 0.15) is 0 Å². The predicted molar refractivity (Wildman–Crippen MR) is 71.0 cm³/mol. The molecule has 1 aliphatic carbocycles. The van der Waals surface area contributed by atoms with Crippen LogP contribution in [0.15, 0.2) is 42.5 Å². The highest BCUT2D eigenvalue weighted by atomic mass is 19.4. The molecule has 0 atom stereocenters. The lowest BCUT2D eigenvalue weighted by atomic mass is 10.0. The first-order valence-corrected chi connectivity index (χ1v) is 6.40. The zero-order valence-electron chi connectivity index (χ0n) is 10.9. The van der Waals surface area contributed by atoms with Gasteiger partial charge >= 0.3 is 12.1 Å². The zero-order chi connectivity index (χ0) is 15.0. The number of benzene rings is 2. The van der Waals surface area contributed by atoms with Gasteiger partial charge in [0.2, 0.25) is 0 Å². The Morgan fingerprint density at radius 2 is 1.76 bits per heavy atom. The molecule has 0 spiro atoms. The highest BCUT2D eigenvalue weighted by Crippen LogP contribution is 2.38.